The fraction of sp³-hybridized carbons (Fsp3) is 0.923. The van der Waals surface area contributed by atoms with Crippen LogP contribution in [0.15, 0.2) is 0 Å². The van der Waals surface area contributed by atoms with Crippen LogP contribution in [0, 0.1) is 11.8 Å². The summed E-state index contributed by atoms with van der Waals surface area (Å²) >= 11 is 0. The van der Waals surface area contributed by atoms with Crippen LogP contribution in [0.5, 0.6) is 0 Å². The van der Waals surface area contributed by atoms with Crippen LogP contribution in [0.1, 0.15) is 27.7 Å². The van der Waals surface area contributed by atoms with Crippen LogP contribution < -0.4 is 0 Å². The van der Waals surface area contributed by atoms with E-state index in [9.17, 15) is 9.90 Å². The van der Waals surface area contributed by atoms with Crippen molar-refractivity contribution in [3.05, 3.63) is 0 Å². The van der Waals surface area contributed by atoms with Crippen LogP contribution in [-0.2, 0) is 4.79 Å². The highest BCUT2D eigenvalue weighted by molar-refractivity contribution is 5.78. The third-order valence-electron chi connectivity index (χ3n) is 2.82. The zero-order chi connectivity index (χ0) is 13.0. The van der Waals surface area contributed by atoms with Crippen molar-refractivity contribution in [1.29, 1.82) is 0 Å². The van der Waals surface area contributed by atoms with Gasteiger partial charge in [-0.2, -0.15) is 0 Å². The molecule has 1 rings (SSSR count). The first-order valence-corrected chi connectivity index (χ1v) is 6.56. The molecule has 1 amide bonds. The van der Waals surface area contributed by atoms with Gasteiger partial charge in [0.2, 0.25) is 5.91 Å². The second kappa shape index (κ2) is 6.36. The van der Waals surface area contributed by atoms with Crippen molar-refractivity contribution < 1.29 is 9.90 Å². The summed E-state index contributed by atoms with van der Waals surface area (Å²) in [7, 11) is 0. The van der Waals surface area contributed by atoms with E-state index < -0.39 is 0 Å². The molecular weight excluding hydrogens is 216 g/mol. The number of hydrogen-bond donors (Lipinski definition) is 1. The normalized spacial score (nSPS) is 17.6. The summed E-state index contributed by atoms with van der Waals surface area (Å²) in [5.41, 5.74) is 0. The topological polar surface area (TPSA) is 43.8 Å². The van der Waals surface area contributed by atoms with Gasteiger partial charge >= 0.3 is 0 Å². The molecular formula is C13H26N2O2. The van der Waals surface area contributed by atoms with E-state index in [4.69, 9.17) is 0 Å². The number of hydrogen-bond acceptors (Lipinski definition) is 3. The molecule has 0 spiro atoms. The third kappa shape index (κ3) is 5.04. The van der Waals surface area contributed by atoms with Crippen molar-refractivity contribution in [2.75, 3.05) is 32.7 Å². The Bertz CT molecular complexity index is 238. The molecule has 0 aromatic rings. The zero-order valence-corrected chi connectivity index (χ0v) is 11.5. The van der Waals surface area contributed by atoms with E-state index in [1.54, 1.807) is 0 Å². The Kier molecular flexibility index (Phi) is 5.40. The van der Waals surface area contributed by atoms with Gasteiger partial charge in [0, 0.05) is 26.2 Å². The smallest absolute Gasteiger partial charge is 0.236 e. The fourth-order valence-corrected chi connectivity index (χ4v) is 2.12. The van der Waals surface area contributed by atoms with Crippen LogP contribution in [0.3, 0.4) is 0 Å². The van der Waals surface area contributed by atoms with Crippen molar-refractivity contribution in [2.45, 2.75) is 33.8 Å². The highest BCUT2D eigenvalue weighted by Crippen LogP contribution is 2.09. The predicted octanol–water partition coefficient (Wildman–Crippen LogP) is 0.803. The van der Waals surface area contributed by atoms with Crippen molar-refractivity contribution in [1.82, 2.24) is 9.80 Å². The molecule has 0 aliphatic carbocycles. The van der Waals surface area contributed by atoms with E-state index in [0.29, 0.717) is 31.5 Å². The first kappa shape index (κ1) is 14.5. The van der Waals surface area contributed by atoms with E-state index in [1.807, 2.05) is 9.80 Å². The summed E-state index contributed by atoms with van der Waals surface area (Å²) in [6.07, 6.45) is -0.230. The van der Waals surface area contributed by atoms with Crippen LogP contribution in [0.25, 0.3) is 0 Å². The Labute approximate surface area is 105 Å². The maximum atomic E-state index is 12.1. The van der Waals surface area contributed by atoms with Gasteiger partial charge in [0.1, 0.15) is 0 Å². The molecule has 4 heteroatoms. The lowest BCUT2D eigenvalue weighted by molar-refractivity contribution is -0.136. The van der Waals surface area contributed by atoms with Gasteiger partial charge in [-0.3, -0.25) is 9.69 Å². The van der Waals surface area contributed by atoms with E-state index >= 15 is 0 Å². The lowest BCUT2D eigenvalue weighted by Crippen LogP contribution is -2.54. The molecule has 1 fully saturated rings. The minimum Gasteiger partial charge on any atom is -0.390 e. The first-order chi connectivity index (χ1) is 7.88. The SMILES string of the molecule is CC(C)CN(CC(C)C)C(=O)CN1CC(O)C1. The first-order valence-electron chi connectivity index (χ1n) is 6.56. The number of amides is 1. The Balaban J connectivity index is 2.41. The van der Waals surface area contributed by atoms with Crippen LogP contribution in [0.4, 0.5) is 0 Å². The highest BCUT2D eigenvalue weighted by atomic mass is 16.3. The van der Waals surface area contributed by atoms with Gasteiger partial charge in [-0.15, -0.1) is 0 Å². The molecule has 1 saturated heterocycles. The Morgan fingerprint density at radius 3 is 2.06 bits per heavy atom. The molecule has 100 valence electrons. The van der Waals surface area contributed by atoms with Gasteiger partial charge < -0.3 is 10.0 Å². The maximum absolute atomic E-state index is 12.1. The summed E-state index contributed by atoms with van der Waals surface area (Å²) in [5, 5.41) is 9.19. The van der Waals surface area contributed by atoms with Gasteiger partial charge in [-0.25, -0.2) is 0 Å². The second-order valence-corrected chi connectivity index (χ2v) is 5.93. The lowest BCUT2D eigenvalue weighted by atomic mass is 10.1. The molecule has 1 heterocycles. The minimum atomic E-state index is -0.230. The number of carbonyl (C=O) groups excluding carboxylic acids is 1. The molecule has 1 N–H and O–H groups in total. The number of rotatable bonds is 6. The standard InChI is InChI=1S/C13H26N2O2/c1-10(2)5-15(6-11(3)4)13(17)9-14-7-12(16)8-14/h10-12,16H,5-9H2,1-4H3. The molecule has 0 bridgehead atoms. The maximum Gasteiger partial charge on any atom is 0.236 e. The number of nitrogens with zero attached hydrogens (tertiary/aromatic N) is 2. The summed E-state index contributed by atoms with van der Waals surface area (Å²) in [6.45, 7) is 11.9. The predicted molar refractivity (Wildman–Crippen MR) is 68.7 cm³/mol. The Hall–Kier alpha value is -0.610. The quantitative estimate of drug-likeness (QED) is 0.749. The van der Waals surface area contributed by atoms with E-state index in [1.165, 1.54) is 0 Å². The molecule has 0 saturated carbocycles. The van der Waals surface area contributed by atoms with Gasteiger partial charge in [0.05, 0.1) is 12.6 Å². The summed E-state index contributed by atoms with van der Waals surface area (Å²) < 4.78 is 0. The zero-order valence-electron chi connectivity index (χ0n) is 11.5. The van der Waals surface area contributed by atoms with Crippen molar-refractivity contribution in [2.24, 2.45) is 11.8 Å². The summed E-state index contributed by atoms with van der Waals surface area (Å²) in [5.74, 6) is 1.19. The van der Waals surface area contributed by atoms with Crippen molar-refractivity contribution >= 4 is 5.91 Å². The van der Waals surface area contributed by atoms with Crippen molar-refractivity contribution in [3.8, 4) is 0 Å². The highest BCUT2D eigenvalue weighted by Gasteiger charge is 2.28. The average molecular weight is 242 g/mol. The summed E-state index contributed by atoms with van der Waals surface area (Å²) in [4.78, 5) is 16.1. The molecule has 4 nitrogen and oxygen atoms in total. The molecule has 1 aliphatic heterocycles. The number of aliphatic hydroxyl groups excluding tert-OH is 1. The number of aliphatic hydroxyl groups is 1. The Morgan fingerprint density at radius 2 is 1.71 bits per heavy atom. The van der Waals surface area contributed by atoms with Crippen LogP contribution in [-0.4, -0.2) is 59.6 Å². The van der Waals surface area contributed by atoms with E-state index in [2.05, 4.69) is 27.7 Å². The van der Waals surface area contributed by atoms with Gasteiger partial charge in [0.15, 0.2) is 0 Å². The molecule has 0 aromatic heterocycles. The lowest BCUT2D eigenvalue weighted by Gasteiger charge is -2.37. The molecule has 0 radical (unpaired) electrons. The van der Waals surface area contributed by atoms with Gasteiger partial charge in [-0.05, 0) is 11.8 Å². The molecule has 0 atom stereocenters. The minimum absolute atomic E-state index is 0.194. The van der Waals surface area contributed by atoms with E-state index in [-0.39, 0.29) is 12.0 Å². The molecule has 17 heavy (non-hydrogen) atoms. The molecule has 0 unspecified atom stereocenters. The monoisotopic (exact) mass is 242 g/mol. The van der Waals surface area contributed by atoms with E-state index in [0.717, 1.165) is 13.1 Å². The second-order valence-electron chi connectivity index (χ2n) is 5.93. The number of carbonyl (C=O) groups is 1. The largest absolute Gasteiger partial charge is 0.390 e. The third-order valence-corrected chi connectivity index (χ3v) is 2.82. The fourth-order valence-electron chi connectivity index (χ4n) is 2.12. The Morgan fingerprint density at radius 1 is 1.24 bits per heavy atom. The van der Waals surface area contributed by atoms with Crippen molar-refractivity contribution in [3.63, 3.8) is 0 Å². The van der Waals surface area contributed by atoms with Gasteiger partial charge in [0.25, 0.3) is 0 Å². The molecule has 0 aromatic carbocycles. The van der Waals surface area contributed by atoms with Gasteiger partial charge in [-0.1, -0.05) is 27.7 Å². The number of likely N-dealkylation sites (tertiary alicyclic amines) is 1. The number of β-amino-alcohol motifs (C(OH)–C–C–N with tert-alkyl or cyclic N) is 1. The average Bonchev–Trinajstić information content (AvgIpc) is 2.12. The molecule has 1 aliphatic rings. The van der Waals surface area contributed by atoms with Crippen LogP contribution >= 0.6 is 0 Å². The summed E-state index contributed by atoms with van der Waals surface area (Å²) in [6, 6.07) is 0. The van der Waals surface area contributed by atoms with Crippen LogP contribution in [0.2, 0.25) is 0 Å².